The van der Waals surface area contributed by atoms with E-state index in [2.05, 4.69) is 9.68 Å². The number of nitrogens with one attached hydrogen (secondary N) is 1. The fraction of sp³-hybridized carbons (Fsp3) is 0.200. The number of aromatic nitrogens is 1. The van der Waals surface area contributed by atoms with Crippen molar-refractivity contribution in [2.45, 2.75) is 6.30 Å². The minimum Gasteiger partial charge on any atom is -0.364 e. The highest BCUT2D eigenvalue weighted by molar-refractivity contribution is 5.93. The van der Waals surface area contributed by atoms with Crippen LogP contribution in [-0.4, -0.2) is 17.4 Å². The van der Waals surface area contributed by atoms with E-state index in [1.54, 1.807) is 0 Å². The van der Waals surface area contributed by atoms with E-state index >= 15 is 0 Å². The third-order valence-electron chi connectivity index (χ3n) is 0.950. The molecule has 7 heteroatoms. The summed E-state index contributed by atoms with van der Waals surface area (Å²) in [5, 5.41) is 3.85. The summed E-state index contributed by atoms with van der Waals surface area (Å²) in [7, 11) is 0. The van der Waals surface area contributed by atoms with E-state index < -0.39 is 12.2 Å². The molecule has 0 aromatic carbocycles. The van der Waals surface area contributed by atoms with Crippen LogP contribution in [0.5, 0.6) is 0 Å². The van der Waals surface area contributed by atoms with Crippen molar-refractivity contribution in [3.8, 4) is 0 Å². The lowest BCUT2D eigenvalue weighted by atomic mass is 10.3. The molecule has 1 amide bonds. The number of amides is 1. The van der Waals surface area contributed by atoms with Gasteiger partial charge < -0.3 is 4.52 Å². The standard InChI is InChI=1S/C5H3F3N2O2/c6-5(7,8)10-4(11)3-1-9-12-2-3/h1-2H,(H,10,11). The van der Waals surface area contributed by atoms with Gasteiger partial charge in [0, 0.05) is 0 Å². The number of hydrogen-bond acceptors (Lipinski definition) is 3. The topological polar surface area (TPSA) is 55.1 Å². The molecule has 0 saturated carbocycles. The zero-order valence-electron chi connectivity index (χ0n) is 5.55. The Morgan fingerprint density at radius 1 is 1.58 bits per heavy atom. The lowest BCUT2D eigenvalue weighted by Crippen LogP contribution is -2.36. The first kappa shape index (κ1) is 8.57. The van der Waals surface area contributed by atoms with E-state index in [4.69, 9.17) is 0 Å². The summed E-state index contributed by atoms with van der Waals surface area (Å²) in [6.45, 7) is 0. The maximum Gasteiger partial charge on any atom is 0.484 e. The second kappa shape index (κ2) is 2.84. The molecule has 0 aliphatic rings. The Kier molecular flexibility index (Phi) is 2.03. The fourth-order valence-corrected chi connectivity index (χ4v) is 0.518. The zero-order valence-corrected chi connectivity index (χ0v) is 5.55. The molecule has 0 atom stereocenters. The van der Waals surface area contributed by atoms with Crippen molar-refractivity contribution in [3.63, 3.8) is 0 Å². The predicted molar refractivity (Wildman–Crippen MR) is 30.0 cm³/mol. The Balaban J connectivity index is 2.63. The van der Waals surface area contributed by atoms with Crippen LogP contribution in [0.2, 0.25) is 0 Å². The highest BCUT2D eigenvalue weighted by Gasteiger charge is 2.30. The minimum absolute atomic E-state index is 0.271. The molecule has 1 rings (SSSR count). The average Bonchev–Trinajstić information content (AvgIpc) is 2.32. The van der Waals surface area contributed by atoms with Crippen molar-refractivity contribution in [2.24, 2.45) is 0 Å². The maximum absolute atomic E-state index is 11.5. The van der Waals surface area contributed by atoms with Crippen LogP contribution in [-0.2, 0) is 0 Å². The van der Waals surface area contributed by atoms with Gasteiger partial charge in [-0.3, -0.25) is 10.1 Å². The number of alkyl halides is 3. The molecule has 4 nitrogen and oxygen atoms in total. The summed E-state index contributed by atoms with van der Waals surface area (Å²) >= 11 is 0. The Morgan fingerprint density at radius 3 is 2.67 bits per heavy atom. The molecule has 1 heterocycles. The highest BCUT2D eigenvalue weighted by atomic mass is 19.4. The van der Waals surface area contributed by atoms with Crippen LogP contribution >= 0.6 is 0 Å². The van der Waals surface area contributed by atoms with Crippen LogP contribution in [0.15, 0.2) is 17.0 Å². The van der Waals surface area contributed by atoms with Gasteiger partial charge >= 0.3 is 6.30 Å². The van der Waals surface area contributed by atoms with E-state index in [1.165, 1.54) is 0 Å². The summed E-state index contributed by atoms with van der Waals surface area (Å²) in [6.07, 6.45) is -3.02. The summed E-state index contributed by atoms with van der Waals surface area (Å²) in [5.74, 6) is -1.29. The minimum atomic E-state index is -4.73. The molecular formula is C5H3F3N2O2. The zero-order chi connectivity index (χ0) is 9.19. The first-order valence-corrected chi connectivity index (χ1v) is 2.77. The molecule has 1 N–H and O–H groups in total. The molecule has 0 aliphatic heterocycles. The number of carbonyl (C=O) groups is 1. The molecule has 1 aromatic heterocycles. The average molecular weight is 180 g/mol. The SMILES string of the molecule is O=C(NC(F)(F)F)c1cnoc1. The van der Waals surface area contributed by atoms with Crippen LogP contribution in [0.1, 0.15) is 10.4 Å². The van der Waals surface area contributed by atoms with Crippen LogP contribution in [0.3, 0.4) is 0 Å². The Labute approximate surface area is 64.3 Å². The maximum atomic E-state index is 11.5. The Hall–Kier alpha value is -1.53. The van der Waals surface area contributed by atoms with Gasteiger partial charge in [-0.2, -0.15) is 13.2 Å². The summed E-state index contributed by atoms with van der Waals surface area (Å²) in [6, 6.07) is 0. The van der Waals surface area contributed by atoms with Crippen molar-refractivity contribution in [1.82, 2.24) is 10.5 Å². The molecule has 0 spiro atoms. The van der Waals surface area contributed by atoms with Gasteiger partial charge in [-0.15, -0.1) is 0 Å². The van der Waals surface area contributed by atoms with Crippen molar-refractivity contribution >= 4 is 5.91 Å². The highest BCUT2D eigenvalue weighted by Crippen LogP contribution is 2.10. The van der Waals surface area contributed by atoms with Crippen molar-refractivity contribution in [3.05, 3.63) is 18.0 Å². The van der Waals surface area contributed by atoms with Gasteiger partial charge in [-0.05, 0) is 0 Å². The van der Waals surface area contributed by atoms with E-state index in [1.807, 2.05) is 0 Å². The molecule has 1 aromatic rings. The Morgan fingerprint density at radius 2 is 2.25 bits per heavy atom. The van der Waals surface area contributed by atoms with Crippen LogP contribution in [0, 0.1) is 0 Å². The second-order valence-corrected chi connectivity index (χ2v) is 1.86. The quantitative estimate of drug-likeness (QED) is 0.654. The molecule has 12 heavy (non-hydrogen) atoms. The van der Waals surface area contributed by atoms with Gasteiger partial charge in [-0.1, -0.05) is 5.16 Å². The van der Waals surface area contributed by atoms with E-state index in [-0.39, 0.29) is 5.56 Å². The van der Waals surface area contributed by atoms with Crippen molar-refractivity contribution < 1.29 is 22.5 Å². The molecule has 0 radical (unpaired) electrons. The number of rotatable bonds is 1. The van der Waals surface area contributed by atoms with Gasteiger partial charge in [0.1, 0.15) is 6.26 Å². The van der Waals surface area contributed by atoms with Gasteiger partial charge in [0.15, 0.2) is 0 Å². The molecule has 0 unspecified atom stereocenters. The first-order valence-electron chi connectivity index (χ1n) is 2.77. The van der Waals surface area contributed by atoms with Crippen LogP contribution < -0.4 is 5.32 Å². The second-order valence-electron chi connectivity index (χ2n) is 1.86. The number of nitrogens with zero attached hydrogens (tertiary/aromatic N) is 1. The van der Waals surface area contributed by atoms with Crippen LogP contribution in [0.25, 0.3) is 0 Å². The molecule has 0 bridgehead atoms. The molecule has 66 valence electrons. The Bertz CT molecular complexity index is 267. The normalized spacial score (nSPS) is 11.2. The lowest BCUT2D eigenvalue weighted by molar-refractivity contribution is -0.146. The summed E-state index contributed by atoms with van der Waals surface area (Å²) in [5.41, 5.74) is -0.271. The third-order valence-corrected chi connectivity index (χ3v) is 0.950. The van der Waals surface area contributed by atoms with Gasteiger partial charge in [0.2, 0.25) is 0 Å². The van der Waals surface area contributed by atoms with E-state index in [0.717, 1.165) is 17.8 Å². The summed E-state index contributed by atoms with van der Waals surface area (Å²) in [4.78, 5) is 10.6. The van der Waals surface area contributed by atoms with Gasteiger partial charge in [0.25, 0.3) is 5.91 Å². The molecule has 0 fully saturated rings. The van der Waals surface area contributed by atoms with Crippen molar-refractivity contribution in [2.75, 3.05) is 0 Å². The molecular weight excluding hydrogens is 177 g/mol. The molecule has 0 aliphatic carbocycles. The van der Waals surface area contributed by atoms with Gasteiger partial charge in [-0.25, -0.2) is 0 Å². The predicted octanol–water partition coefficient (Wildman–Crippen LogP) is 0.924. The smallest absolute Gasteiger partial charge is 0.364 e. The van der Waals surface area contributed by atoms with Gasteiger partial charge in [0.05, 0.1) is 11.8 Å². The third kappa shape index (κ3) is 2.26. The largest absolute Gasteiger partial charge is 0.484 e. The lowest BCUT2D eigenvalue weighted by Gasteiger charge is -2.05. The summed E-state index contributed by atoms with van der Waals surface area (Å²) < 4.78 is 38.7. The first-order chi connectivity index (χ1) is 5.49. The van der Waals surface area contributed by atoms with E-state index in [0.29, 0.717) is 0 Å². The number of halogens is 3. The monoisotopic (exact) mass is 180 g/mol. The van der Waals surface area contributed by atoms with E-state index in [9.17, 15) is 18.0 Å². The van der Waals surface area contributed by atoms with Crippen LogP contribution in [0.4, 0.5) is 13.2 Å². The molecule has 0 saturated heterocycles. The fourth-order valence-electron chi connectivity index (χ4n) is 0.518. The number of hydrogen-bond donors (Lipinski definition) is 1. The number of carbonyl (C=O) groups excluding carboxylic acids is 1. The van der Waals surface area contributed by atoms with Crippen molar-refractivity contribution in [1.29, 1.82) is 0 Å².